The predicted molar refractivity (Wildman–Crippen MR) is 101 cm³/mol. The minimum atomic E-state index is -0.460. The number of benzene rings is 1. The number of amides is 1. The predicted octanol–water partition coefficient (Wildman–Crippen LogP) is 2.60. The smallest absolute Gasteiger partial charge is 0.410 e. The average Bonchev–Trinajstić information content (AvgIpc) is 2.69. The molecule has 0 radical (unpaired) electrons. The van der Waals surface area contributed by atoms with Crippen LogP contribution in [0.15, 0.2) is 18.2 Å². The van der Waals surface area contributed by atoms with Crippen molar-refractivity contribution in [3.63, 3.8) is 0 Å². The summed E-state index contributed by atoms with van der Waals surface area (Å²) in [5.41, 5.74) is 0.733. The van der Waals surface area contributed by atoms with Crippen molar-refractivity contribution in [2.24, 2.45) is 5.92 Å². The van der Waals surface area contributed by atoms with E-state index < -0.39 is 4.92 Å². The summed E-state index contributed by atoms with van der Waals surface area (Å²) in [5.74, 6) is 0.499. The molecule has 9 heteroatoms. The molecule has 2 bridgehead atoms. The second-order valence-corrected chi connectivity index (χ2v) is 7.83. The zero-order chi connectivity index (χ0) is 19.0. The number of piperazine rings is 1. The van der Waals surface area contributed by atoms with Crippen LogP contribution in [0.5, 0.6) is 0 Å². The number of carbonyl (C=O) groups is 1. The Morgan fingerprint density at radius 3 is 2.41 bits per heavy atom. The minimum Gasteiger partial charge on any atom is -0.444 e. The van der Waals surface area contributed by atoms with Gasteiger partial charge in [0.25, 0.3) is 5.69 Å². The summed E-state index contributed by atoms with van der Waals surface area (Å²) in [7, 11) is 0. The second kappa shape index (κ2) is 7.52. The average molecular weight is 395 g/mol. The van der Waals surface area contributed by atoms with E-state index in [2.05, 4.69) is 4.90 Å². The molecule has 4 fully saturated rings. The number of hydrogen-bond acceptors (Lipinski definition) is 6. The first-order valence-electron chi connectivity index (χ1n) is 9.38. The first-order chi connectivity index (χ1) is 13.0. The van der Waals surface area contributed by atoms with Gasteiger partial charge in [-0.25, -0.2) is 4.79 Å². The molecule has 8 nitrogen and oxygen atoms in total. The van der Waals surface area contributed by atoms with Crippen molar-refractivity contribution in [3.8, 4) is 0 Å². The lowest BCUT2D eigenvalue weighted by Gasteiger charge is -2.44. The van der Waals surface area contributed by atoms with Crippen LogP contribution in [0.3, 0.4) is 0 Å². The molecule has 0 aliphatic carbocycles. The molecule has 0 N–H and O–H groups in total. The van der Waals surface area contributed by atoms with Gasteiger partial charge in [-0.15, -0.1) is 0 Å². The number of nitro benzene ring substituents is 1. The molecular formula is C18H23ClN4O4. The molecule has 1 unspecified atom stereocenters. The summed E-state index contributed by atoms with van der Waals surface area (Å²) in [5, 5.41) is 11.2. The maximum absolute atomic E-state index is 12.5. The monoisotopic (exact) mass is 394 g/mol. The fourth-order valence-corrected chi connectivity index (χ4v) is 4.54. The molecule has 1 atom stereocenters. The van der Waals surface area contributed by atoms with Crippen LogP contribution in [0, 0.1) is 16.0 Å². The summed E-state index contributed by atoms with van der Waals surface area (Å²) in [6, 6.07) is 4.49. The van der Waals surface area contributed by atoms with Crippen molar-refractivity contribution in [1.82, 2.24) is 9.80 Å². The Bertz CT molecular complexity index is 730. The van der Waals surface area contributed by atoms with Crippen LogP contribution >= 0.6 is 11.6 Å². The topological polar surface area (TPSA) is 79.2 Å². The highest BCUT2D eigenvalue weighted by atomic mass is 35.5. The van der Waals surface area contributed by atoms with E-state index in [4.69, 9.17) is 16.3 Å². The highest BCUT2D eigenvalue weighted by Gasteiger charge is 2.37. The van der Waals surface area contributed by atoms with Gasteiger partial charge in [-0.3, -0.25) is 15.0 Å². The van der Waals surface area contributed by atoms with Crippen LogP contribution in [0.2, 0.25) is 5.02 Å². The standard InChI is InChI=1S/C18H23ClN4O4/c19-15-11-14(23(25)26)1-2-16(15)21-7-9-22(10-8-21)18(24)27-17-12-20-5-3-13(17)4-6-20/h1-2,11,13,17H,3-10,12H2. The summed E-state index contributed by atoms with van der Waals surface area (Å²) in [6.45, 7) is 5.43. The molecule has 146 valence electrons. The number of halogens is 1. The van der Waals surface area contributed by atoms with Gasteiger partial charge in [-0.2, -0.15) is 0 Å². The van der Waals surface area contributed by atoms with Crippen LogP contribution in [-0.2, 0) is 4.74 Å². The molecule has 4 saturated heterocycles. The molecule has 1 aromatic carbocycles. The molecule has 4 aliphatic rings. The van der Waals surface area contributed by atoms with Gasteiger partial charge in [0, 0.05) is 44.9 Å². The molecule has 5 rings (SSSR count). The number of nitrogens with zero attached hydrogens (tertiary/aromatic N) is 4. The van der Waals surface area contributed by atoms with Crippen molar-refractivity contribution in [1.29, 1.82) is 0 Å². The zero-order valence-corrected chi connectivity index (χ0v) is 15.8. The van der Waals surface area contributed by atoms with Crippen LogP contribution in [0.25, 0.3) is 0 Å². The third-order valence-corrected chi connectivity index (χ3v) is 6.17. The van der Waals surface area contributed by atoms with Crippen molar-refractivity contribution in [3.05, 3.63) is 33.3 Å². The second-order valence-electron chi connectivity index (χ2n) is 7.43. The summed E-state index contributed by atoms with van der Waals surface area (Å²) in [6.07, 6.45) is 2.01. The van der Waals surface area contributed by atoms with E-state index in [0.29, 0.717) is 37.1 Å². The number of non-ortho nitro benzene ring substituents is 1. The summed E-state index contributed by atoms with van der Waals surface area (Å²) < 4.78 is 5.80. The van der Waals surface area contributed by atoms with E-state index in [1.807, 2.05) is 4.90 Å². The molecule has 0 aromatic heterocycles. The van der Waals surface area contributed by atoms with E-state index in [0.717, 1.165) is 38.2 Å². The maximum atomic E-state index is 12.5. The van der Waals surface area contributed by atoms with Crippen LogP contribution in [-0.4, -0.2) is 72.7 Å². The van der Waals surface area contributed by atoms with E-state index in [9.17, 15) is 14.9 Å². The fourth-order valence-electron chi connectivity index (χ4n) is 4.24. The Labute approximate surface area is 162 Å². The first kappa shape index (κ1) is 18.3. The van der Waals surface area contributed by atoms with Gasteiger partial charge in [0.2, 0.25) is 0 Å². The maximum Gasteiger partial charge on any atom is 0.410 e. The van der Waals surface area contributed by atoms with Crippen molar-refractivity contribution >= 4 is 29.1 Å². The van der Waals surface area contributed by atoms with Crippen molar-refractivity contribution < 1.29 is 14.5 Å². The van der Waals surface area contributed by atoms with Gasteiger partial charge < -0.3 is 14.5 Å². The van der Waals surface area contributed by atoms with Crippen molar-refractivity contribution in [2.75, 3.05) is 50.7 Å². The number of fused-ring (bicyclic) bond motifs is 3. The van der Waals surface area contributed by atoms with Crippen LogP contribution < -0.4 is 4.90 Å². The molecule has 1 amide bonds. The molecule has 1 aromatic rings. The molecule has 27 heavy (non-hydrogen) atoms. The van der Waals surface area contributed by atoms with E-state index in [1.165, 1.54) is 12.1 Å². The largest absolute Gasteiger partial charge is 0.444 e. The molecule has 4 aliphatic heterocycles. The highest BCUT2D eigenvalue weighted by Crippen LogP contribution is 2.32. The number of piperidine rings is 3. The Hall–Kier alpha value is -2.06. The molecule has 4 heterocycles. The number of rotatable bonds is 3. The van der Waals surface area contributed by atoms with E-state index in [1.54, 1.807) is 11.0 Å². The normalized spacial score (nSPS) is 27.5. The Kier molecular flexibility index (Phi) is 5.10. The molecular weight excluding hydrogens is 372 g/mol. The lowest BCUT2D eigenvalue weighted by Crippen LogP contribution is -2.54. The van der Waals surface area contributed by atoms with E-state index >= 15 is 0 Å². The van der Waals surface area contributed by atoms with Crippen LogP contribution in [0.1, 0.15) is 12.8 Å². The SMILES string of the molecule is O=C(OC1CN2CCC1CC2)N1CCN(c2ccc([N+](=O)[O-])cc2Cl)CC1. The number of ether oxygens (including phenoxy) is 1. The van der Waals surface area contributed by atoms with Gasteiger partial charge in [0.05, 0.1) is 15.6 Å². The summed E-state index contributed by atoms with van der Waals surface area (Å²) in [4.78, 5) is 29.1. The minimum absolute atomic E-state index is 0.0159. The van der Waals surface area contributed by atoms with Gasteiger partial charge in [0.15, 0.2) is 0 Å². The molecule has 0 spiro atoms. The number of anilines is 1. The summed E-state index contributed by atoms with van der Waals surface area (Å²) >= 11 is 6.21. The fraction of sp³-hybridized carbons (Fsp3) is 0.611. The Morgan fingerprint density at radius 2 is 1.85 bits per heavy atom. The Morgan fingerprint density at radius 1 is 1.15 bits per heavy atom. The highest BCUT2D eigenvalue weighted by molar-refractivity contribution is 6.33. The van der Waals surface area contributed by atoms with Crippen molar-refractivity contribution in [2.45, 2.75) is 18.9 Å². The van der Waals surface area contributed by atoms with Gasteiger partial charge >= 0.3 is 6.09 Å². The number of hydrogen-bond donors (Lipinski definition) is 0. The zero-order valence-electron chi connectivity index (χ0n) is 15.1. The van der Waals surface area contributed by atoms with Crippen LogP contribution in [0.4, 0.5) is 16.2 Å². The lowest BCUT2D eigenvalue weighted by molar-refractivity contribution is -0.384. The lowest BCUT2D eigenvalue weighted by atomic mass is 9.86. The van der Waals surface area contributed by atoms with E-state index in [-0.39, 0.29) is 17.9 Å². The quantitative estimate of drug-likeness (QED) is 0.579. The Balaban J connectivity index is 1.32. The van der Waals surface area contributed by atoms with Gasteiger partial charge in [-0.05, 0) is 37.9 Å². The number of nitro groups is 1. The van der Waals surface area contributed by atoms with Gasteiger partial charge in [-0.1, -0.05) is 11.6 Å². The third kappa shape index (κ3) is 3.82. The first-order valence-corrected chi connectivity index (χ1v) is 9.76. The third-order valence-electron chi connectivity index (χ3n) is 5.87. The van der Waals surface area contributed by atoms with Gasteiger partial charge in [0.1, 0.15) is 6.10 Å². The number of carbonyl (C=O) groups excluding carboxylic acids is 1. The molecule has 0 saturated carbocycles.